The third-order valence-corrected chi connectivity index (χ3v) is 1.79. The van der Waals surface area contributed by atoms with Crippen molar-refractivity contribution in [3.63, 3.8) is 0 Å². The molecule has 0 aliphatic heterocycles. The van der Waals surface area contributed by atoms with Crippen LogP contribution in [-0.2, 0) is 4.43 Å². The second-order valence-electron chi connectivity index (χ2n) is 1.99. The van der Waals surface area contributed by atoms with Gasteiger partial charge in [-0.15, -0.1) is 0 Å². The lowest BCUT2D eigenvalue weighted by Crippen LogP contribution is -1.91. The average Bonchev–Trinajstić information content (AvgIpc) is 1.67. The van der Waals surface area contributed by atoms with Gasteiger partial charge in [-0.1, -0.05) is 0 Å². The number of rotatable bonds is 2. The first-order valence-electron chi connectivity index (χ1n) is 2.95. The Bertz CT molecular complexity index is 92.7. The van der Waals surface area contributed by atoms with Crippen LogP contribution in [0.15, 0.2) is 11.3 Å². The lowest BCUT2D eigenvalue weighted by Gasteiger charge is -2.03. The van der Waals surface area contributed by atoms with Crippen LogP contribution in [0.2, 0.25) is 6.55 Å². The van der Waals surface area contributed by atoms with Gasteiger partial charge in [-0.05, 0) is 32.9 Å². The zero-order chi connectivity index (χ0) is 6.57. The summed E-state index contributed by atoms with van der Waals surface area (Å²) < 4.78 is 5.32. The van der Waals surface area contributed by atoms with Crippen LogP contribution in [0.3, 0.4) is 0 Å². The third kappa shape index (κ3) is 2.85. The SMILES string of the molecule is C[SiH2]OC(C)=C(C)C. The van der Waals surface area contributed by atoms with E-state index in [-0.39, 0.29) is 9.76 Å². The zero-order valence-electron chi connectivity index (χ0n) is 6.12. The second-order valence-corrected chi connectivity index (χ2v) is 2.86. The van der Waals surface area contributed by atoms with E-state index in [2.05, 4.69) is 20.4 Å². The fourth-order valence-corrected chi connectivity index (χ4v) is 1.08. The Labute approximate surface area is 53.7 Å². The van der Waals surface area contributed by atoms with Crippen LogP contribution >= 0.6 is 0 Å². The minimum absolute atomic E-state index is 0.234. The topological polar surface area (TPSA) is 9.23 Å². The molecule has 0 unspecified atom stereocenters. The van der Waals surface area contributed by atoms with E-state index in [0.717, 1.165) is 5.76 Å². The van der Waals surface area contributed by atoms with Gasteiger partial charge in [-0.3, -0.25) is 0 Å². The van der Waals surface area contributed by atoms with Gasteiger partial charge in [0.2, 0.25) is 9.76 Å². The van der Waals surface area contributed by atoms with Crippen molar-refractivity contribution in [1.29, 1.82) is 0 Å². The first-order valence-corrected chi connectivity index (χ1v) is 4.94. The largest absolute Gasteiger partial charge is 0.553 e. The van der Waals surface area contributed by atoms with E-state index in [1.807, 2.05) is 6.92 Å². The minimum Gasteiger partial charge on any atom is -0.553 e. The highest BCUT2D eigenvalue weighted by molar-refractivity contribution is 6.25. The van der Waals surface area contributed by atoms with Crippen molar-refractivity contribution in [2.45, 2.75) is 27.3 Å². The maximum atomic E-state index is 5.32. The van der Waals surface area contributed by atoms with E-state index >= 15 is 0 Å². The van der Waals surface area contributed by atoms with Crippen LogP contribution in [0.4, 0.5) is 0 Å². The Morgan fingerprint density at radius 3 is 1.88 bits per heavy atom. The molecule has 0 aromatic heterocycles. The summed E-state index contributed by atoms with van der Waals surface area (Å²) in [7, 11) is -0.234. The molecule has 0 aromatic rings. The van der Waals surface area contributed by atoms with Crippen molar-refractivity contribution in [2.75, 3.05) is 0 Å². The van der Waals surface area contributed by atoms with Gasteiger partial charge < -0.3 is 4.43 Å². The van der Waals surface area contributed by atoms with Gasteiger partial charge in [0.25, 0.3) is 0 Å². The molecule has 0 amide bonds. The first kappa shape index (κ1) is 7.76. The Kier molecular flexibility index (Phi) is 3.61. The maximum absolute atomic E-state index is 5.32. The van der Waals surface area contributed by atoms with Gasteiger partial charge in [0.15, 0.2) is 0 Å². The van der Waals surface area contributed by atoms with Crippen molar-refractivity contribution in [1.82, 2.24) is 0 Å². The second kappa shape index (κ2) is 3.72. The smallest absolute Gasteiger partial charge is 0.216 e. The normalized spacial score (nSPS) is 10.0. The maximum Gasteiger partial charge on any atom is 0.216 e. The fraction of sp³-hybridized carbons (Fsp3) is 0.667. The molecule has 0 bridgehead atoms. The third-order valence-electron chi connectivity index (χ3n) is 1.06. The summed E-state index contributed by atoms with van der Waals surface area (Å²) >= 11 is 0. The molecule has 0 aromatic carbocycles. The van der Waals surface area contributed by atoms with Crippen molar-refractivity contribution >= 4 is 9.76 Å². The Morgan fingerprint density at radius 2 is 1.75 bits per heavy atom. The first-order chi connectivity index (χ1) is 3.68. The molecule has 1 nitrogen and oxygen atoms in total. The lowest BCUT2D eigenvalue weighted by molar-refractivity contribution is 0.452. The molecular formula is C6H14OSi. The molecule has 0 rings (SSSR count). The molecule has 0 radical (unpaired) electrons. The summed E-state index contributed by atoms with van der Waals surface area (Å²) in [5.41, 5.74) is 1.29. The van der Waals surface area contributed by atoms with Crippen LogP contribution in [0, 0.1) is 0 Å². The van der Waals surface area contributed by atoms with Crippen LogP contribution < -0.4 is 0 Å². The molecule has 0 atom stereocenters. The quantitative estimate of drug-likeness (QED) is 0.406. The summed E-state index contributed by atoms with van der Waals surface area (Å²) in [6, 6.07) is 0. The molecule has 2 heteroatoms. The van der Waals surface area contributed by atoms with Crippen LogP contribution in [0.25, 0.3) is 0 Å². The summed E-state index contributed by atoms with van der Waals surface area (Å²) in [4.78, 5) is 0. The summed E-state index contributed by atoms with van der Waals surface area (Å²) in [6.45, 7) is 8.29. The molecule has 0 N–H and O–H groups in total. The molecule has 0 spiro atoms. The molecule has 48 valence electrons. The molecule has 0 saturated carbocycles. The van der Waals surface area contributed by atoms with Crippen LogP contribution in [0.5, 0.6) is 0 Å². The fourth-order valence-electron chi connectivity index (χ4n) is 0.361. The van der Waals surface area contributed by atoms with Gasteiger partial charge in [0, 0.05) is 0 Å². The molecule has 8 heavy (non-hydrogen) atoms. The predicted molar refractivity (Wildman–Crippen MR) is 39.5 cm³/mol. The van der Waals surface area contributed by atoms with Crippen molar-refractivity contribution < 1.29 is 4.43 Å². The highest BCUT2D eigenvalue weighted by Gasteiger charge is 1.86. The van der Waals surface area contributed by atoms with E-state index in [4.69, 9.17) is 4.43 Å². The standard InChI is InChI=1S/C6H14OSi/c1-5(2)6(3)7-8-4/h8H2,1-4H3. The van der Waals surface area contributed by atoms with E-state index in [9.17, 15) is 0 Å². The van der Waals surface area contributed by atoms with E-state index in [1.165, 1.54) is 5.57 Å². The Morgan fingerprint density at radius 1 is 1.25 bits per heavy atom. The molecular weight excluding hydrogens is 116 g/mol. The predicted octanol–water partition coefficient (Wildman–Crippen LogP) is 1.45. The summed E-state index contributed by atoms with van der Waals surface area (Å²) in [5, 5.41) is 0. The molecule has 0 heterocycles. The van der Waals surface area contributed by atoms with Gasteiger partial charge >= 0.3 is 0 Å². The van der Waals surface area contributed by atoms with Crippen molar-refractivity contribution in [3.8, 4) is 0 Å². The van der Waals surface area contributed by atoms with Gasteiger partial charge in [-0.25, -0.2) is 0 Å². The average molecular weight is 130 g/mol. The Balaban J connectivity index is 3.62. The van der Waals surface area contributed by atoms with Gasteiger partial charge in [0.05, 0.1) is 5.76 Å². The van der Waals surface area contributed by atoms with Crippen molar-refractivity contribution in [2.24, 2.45) is 0 Å². The highest BCUT2D eigenvalue weighted by Crippen LogP contribution is 2.00. The molecule has 0 saturated heterocycles. The summed E-state index contributed by atoms with van der Waals surface area (Å²) in [6.07, 6.45) is 0. The van der Waals surface area contributed by atoms with Gasteiger partial charge in [-0.2, -0.15) is 0 Å². The number of hydrogen-bond acceptors (Lipinski definition) is 1. The van der Waals surface area contributed by atoms with E-state index in [0.29, 0.717) is 0 Å². The minimum atomic E-state index is -0.234. The van der Waals surface area contributed by atoms with Crippen molar-refractivity contribution in [3.05, 3.63) is 11.3 Å². The molecule has 0 aliphatic carbocycles. The molecule has 0 fully saturated rings. The van der Waals surface area contributed by atoms with Crippen LogP contribution in [-0.4, -0.2) is 9.76 Å². The lowest BCUT2D eigenvalue weighted by atomic mass is 10.3. The Hall–Kier alpha value is -0.243. The monoisotopic (exact) mass is 130 g/mol. The number of allylic oxidation sites excluding steroid dienone is 2. The summed E-state index contributed by atoms with van der Waals surface area (Å²) in [5.74, 6) is 1.11. The highest BCUT2D eigenvalue weighted by atomic mass is 28.2. The van der Waals surface area contributed by atoms with Gasteiger partial charge in [0.1, 0.15) is 0 Å². The molecule has 0 aliphatic rings. The van der Waals surface area contributed by atoms with Crippen LogP contribution in [0.1, 0.15) is 20.8 Å². The van der Waals surface area contributed by atoms with E-state index in [1.54, 1.807) is 0 Å². The van der Waals surface area contributed by atoms with E-state index < -0.39 is 0 Å². The number of hydrogen-bond donors (Lipinski definition) is 0. The zero-order valence-corrected chi connectivity index (χ0v) is 7.53.